The van der Waals surface area contributed by atoms with E-state index in [1.54, 1.807) is 12.1 Å². The Morgan fingerprint density at radius 3 is 1.71 bits per heavy atom. The molecular formula is C16H11F5. The molecule has 0 spiro atoms. The summed E-state index contributed by atoms with van der Waals surface area (Å²) in [7, 11) is 0. The Morgan fingerprint density at radius 1 is 0.667 bits per heavy atom. The second kappa shape index (κ2) is 5.68. The molecule has 0 unspecified atom stereocenters. The monoisotopic (exact) mass is 298 g/mol. The van der Waals surface area contributed by atoms with Crippen LogP contribution >= 0.6 is 0 Å². The van der Waals surface area contributed by atoms with Crippen molar-refractivity contribution in [3.63, 3.8) is 0 Å². The summed E-state index contributed by atoms with van der Waals surface area (Å²) in [5, 5.41) is 0. The third-order valence-electron chi connectivity index (χ3n) is 2.88. The van der Waals surface area contributed by atoms with E-state index in [4.69, 9.17) is 0 Å². The summed E-state index contributed by atoms with van der Waals surface area (Å²) in [6.45, 7) is 0. The Bertz CT molecular complexity index is 609. The van der Waals surface area contributed by atoms with Crippen molar-refractivity contribution < 1.29 is 22.0 Å². The van der Waals surface area contributed by atoms with Crippen LogP contribution in [-0.4, -0.2) is 12.1 Å². The maximum absolute atomic E-state index is 12.7. The van der Waals surface area contributed by atoms with E-state index in [2.05, 4.69) is 0 Å². The molecule has 0 atom stereocenters. The Hall–Kier alpha value is -2.17. The number of rotatable bonds is 3. The van der Waals surface area contributed by atoms with E-state index in [0.717, 1.165) is 17.2 Å². The summed E-state index contributed by atoms with van der Waals surface area (Å²) < 4.78 is 61.6. The first-order chi connectivity index (χ1) is 9.79. The van der Waals surface area contributed by atoms with Crippen molar-refractivity contribution >= 4 is 6.08 Å². The van der Waals surface area contributed by atoms with Crippen molar-refractivity contribution in [2.45, 2.75) is 12.1 Å². The number of hydrogen-bond acceptors (Lipinski definition) is 0. The lowest BCUT2D eigenvalue weighted by atomic mass is 10.0. The molecule has 0 fully saturated rings. The van der Waals surface area contributed by atoms with Gasteiger partial charge in [0.2, 0.25) is 0 Å². The van der Waals surface area contributed by atoms with E-state index >= 15 is 0 Å². The average molecular weight is 298 g/mol. The molecule has 0 nitrogen and oxygen atoms in total. The Morgan fingerprint density at radius 2 is 1.19 bits per heavy atom. The first-order valence-electron chi connectivity index (χ1n) is 6.09. The second-order valence-corrected chi connectivity index (χ2v) is 4.44. The highest BCUT2D eigenvalue weighted by Gasteiger charge is 2.55. The van der Waals surface area contributed by atoms with Gasteiger partial charge < -0.3 is 0 Å². The maximum atomic E-state index is 12.7. The highest BCUT2D eigenvalue weighted by atomic mass is 19.4. The van der Waals surface area contributed by atoms with Gasteiger partial charge in [-0.25, -0.2) is 0 Å². The molecule has 0 aliphatic carbocycles. The van der Waals surface area contributed by atoms with Crippen molar-refractivity contribution in [1.29, 1.82) is 0 Å². The van der Waals surface area contributed by atoms with Crippen LogP contribution in [0.4, 0.5) is 22.0 Å². The van der Waals surface area contributed by atoms with Gasteiger partial charge >= 0.3 is 12.1 Å². The lowest BCUT2D eigenvalue weighted by molar-refractivity contribution is -0.258. The average Bonchev–Trinajstić information content (AvgIpc) is 2.45. The van der Waals surface area contributed by atoms with Gasteiger partial charge in [0.25, 0.3) is 0 Å². The molecule has 0 amide bonds. The van der Waals surface area contributed by atoms with E-state index in [1.165, 1.54) is 12.1 Å². The number of halogens is 5. The zero-order chi connectivity index (χ0) is 15.5. The normalized spacial score (nSPS) is 12.8. The molecule has 0 N–H and O–H groups in total. The van der Waals surface area contributed by atoms with E-state index in [-0.39, 0.29) is 11.6 Å². The third-order valence-corrected chi connectivity index (χ3v) is 2.88. The SMILES string of the molecule is FC(F)(F)C(F)(F)/C=C/c1ccc(-c2ccccc2)cc1. The largest absolute Gasteiger partial charge is 0.457 e. The fourth-order valence-corrected chi connectivity index (χ4v) is 1.71. The second-order valence-electron chi connectivity index (χ2n) is 4.44. The molecule has 21 heavy (non-hydrogen) atoms. The molecule has 0 radical (unpaired) electrons. The quantitative estimate of drug-likeness (QED) is 0.650. The first-order valence-corrected chi connectivity index (χ1v) is 6.09. The van der Waals surface area contributed by atoms with Crippen molar-refractivity contribution in [2.24, 2.45) is 0 Å². The van der Waals surface area contributed by atoms with Gasteiger partial charge in [-0.15, -0.1) is 0 Å². The third kappa shape index (κ3) is 3.68. The summed E-state index contributed by atoms with van der Waals surface area (Å²) in [6, 6.07) is 15.6. The minimum Gasteiger partial charge on any atom is -0.191 e. The molecule has 110 valence electrons. The maximum Gasteiger partial charge on any atom is 0.457 e. The molecule has 0 aliphatic rings. The lowest BCUT2D eigenvalue weighted by Crippen LogP contribution is -2.33. The van der Waals surface area contributed by atoms with Crippen LogP contribution in [-0.2, 0) is 0 Å². The molecule has 2 aromatic carbocycles. The summed E-state index contributed by atoms with van der Waals surface area (Å²) >= 11 is 0. The Kier molecular flexibility index (Phi) is 4.11. The van der Waals surface area contributed by atoms with Gasteiger partial charge in [0.1, 0.15) is 0 Å². The summed E-state index contributed by atoms with van der Waals surface area (Å²) in [6.07, 6.45) is -4.94. The van der Waals surface area contributed by atoms with Gasteiger partial charge in [-0.05, 0) is 22.8 Å². The van der Waals surface area contributed by atoms with Crippen molar-refractivity contribution in [2.75, 3.05) is 0 Å². The fraction of sp³-hybridized carbons (Fsp3) is 0.125. The molecule has 0 aromatic heterocycles. The summed E-state index contributed by atoms with van der Waals surface area (Å²) in [4.78, 5) is 0. The van der Waals surface area contributed by atoms with Crippen LogP contribution in [0.5, 0.6) is 0 Å². The molecule has 2 rings (SSSR count). The van der Waals surface area contributed by atoms with Crippen LogP contribution in [0.25, 0.3) is 17.2 Å². The van der Waals surface area contributed by atoms with Crippen molar-refractivity contribution in [3.8, 4) is 11.1 Å². The van der Waals surface area contributed by atoms with Gasteiger partial charge in [-0.2, -0.15) is 22.0 Å². The van der Waals surface area contributed by atoms with Crippen molar-refractivity contribution in [3.05, 3.63) is 66.2 Å². The minimum atomic E-state index is -5.58. The molecule has 0 aliphatic heterocycles. The van der Waals surface area contributed by atoms with Crippen LogP contribution in [0.15, 0.2) is 60.7 Å². The van der Waals surface area contributed by atoms with Gasteiger partial charge in [-0.3, -0.25) is 0 Å². The molecule has 2 aromatic rings. The van der Waals surface area contributed by atoms with Gasteiger partial charge in [-0.1, -0.05) is 60.7 Å². The van der Waals surface area contributed by atoms with Crippen LogP contribution in [0.2, 0.25) is 0 Å². The summed E-state index contributed by atoms with van der Waals surface area (Å²) in [5.74, 6) is -4.83. The Labute approximate surface area is 118 Å². The van der Waals surface area contributed by atoms with E-state index in [0.29, 0.717) is 0 Å². The highest BCUT2D eigenvalue weighted by Crippen LogP contribution is 2.36. The predicted molar refractivity (Wildman–Crippen MR) is 71.9 cm³/mol. The molecule has 0 heterocycles. The van der Waals surface area contributed by atoms with Gasteiger partial charge in [0.15, 0.2) is 0 Å². The van der Waals surface area contributed by atoms with Crippen LogP contribution < -0.4 is 0 Å². The van der Waals surface area contributed by atoms with E-state index in [9.17, 15) is 22.0 Å². The zero-order valence-electron chi connectivity index (χ0n) is 10.7. The Balaban J connectivity index is 2.17. The molecule has 5 heteroatoms. The summed E-state index contributed by atoms with van der Waals surface area (Å²) in [5.41, 5.74) is 2.07. The van der Waals surface area contributed by atoms with E-state index < -0.39 is 12.1 Å². The number of alkyl halides is 5. The van der Waals surface area contributed by atoms with Crippen LogP contribution in [0, 0.1) is 0 Å². The molecule has 0 saturated heterocycles. The number of benzene rings is 2. The number of hydrogen-bond donors (Lipinski definition) is 0. The van der Waals surface area contributed by atoms with Gasteiger partial charge in [0, 0.05) is 0 Å². The highest BCUT2D eigenvalue weighted by molar-refractivity contribution is 5.65. The molecule has 0 saturated carbocycles. The predicted octanol–water partition coefficient (Wildman–Crippen LogP) is 5.56. The fourth-order valence-electron chi connectivity index (χ4n) is 1.71. The molecule has 0 bridgehead atoms. The van der Waals surface area contributed by atoms with Crippen molar-refractivity contribution in [1.82, 2.24) is 0 Å². The smallest absolute Gasteiger partial charge is 0.191 e. The van der Waals surface area contributed by atoms with Crippen LogP contribution in [0.3, 0.4) is 0 Å². The van der Waals surface area contributed by atoms with Gasteiger partial charge in [0.05, 0.1) is 0 Å². The number of allylic oxidation sites excluding steroid dienone is 1. The zero-order valence-corrected chi connectivity index (χ0v) is 10.7. The van der Waals surface area contributed by atoms with E-state index in [1.807, 2.05) is 30.3 Å². The lowest BCUT2D eigenvalue weighted by Gasteiger charge is -2.15. The first kappa shape index (κ1) is 15.2. The minimum absolute atomic E-state index is 0.134. The van der Waals surface area contributed by atoms with Crippen LogP contribution in [0.1, 0.15) is 5.56 Å². The molecular weight excluding hydrogens is 287 g/mol. The standard InChI is InChI=1S/C16H11F5/c17-15(18,16(19,20)21)11-10-12-6-8-14(9-7-12)13-4-2-1-3-5-13/h1-11H/b11-10+. The topological polar surface area (TPSA) is 0 Å².